The van der Waals surface area contributed by atoms with Crippen molar-refractivity contribution >= 4 is 44.1 Å². The first-order valence-corrected chi connectivity index (χ1v) is 9.25. The topological polar surface area (TPSA) is 77.6 Å². The van der Waals surface area contributed by atoms with Crippen molar-refractivity contribution in [2.75, 3.05) is 5.73 Å². The predicted octanol–water partition coefficient (Wildman–Crippen LogP) is 4.78. The van der Waals surface area contributed by atoms with Gasteiger partial charge in [-0.3, -0.25) is 0 Å². The summed E-state index contributed by atoms with van der Waals surface area (Å²) in [6.07, 6.45) is 1.45. The number of anilines is 1. The Balaban J connectivity index is 2.07. The summed E-state index contributed by atoms with van der Waals surface area (Å²) in [5, 5.41) is 1.78. The molecule has 0 atom stereocenters. The molecule has 0 bridgehead atoms. The lowest BCUT2D eigenvalue weighted by Gasteiger charge is -2.10. The molecule has 0 fully saturated rings. The number of fused-ring (bicyclic) bond motifs is 1. The summed E-state index contributed by atoms with van der Waals surface area (Å²) >= 11 is 5.16. The molecule has 25 heavy (non-hydrogen) atoms. The van der Waals surface area contributed by atoms with E-state index in [2.05, 4.69) is 36.9 Å². The van der Waals surface area contributed by atoms with Crippen molar-refractivity contribution in [3.8, 4) is 21.7 Å². The first-order valence-electron chi connectivity index (χ1n) is 7.64. The van der Waals surface area contributed by atoms with Crippen LogP contribution in [-0.4, -0.2) is 19.9 Å². The number of nitrogen functional groups attached to an aromatic ring is 1. The SMILES string of the molecule is Cc1nc(C)c(-c2cc(-c3cccc(Br)c3)c3c(N)ncnc3n2)s1. The average molecular weight is 412 g/mol. The highest BCUT2D eigenvalue weighted by atomic mass is 79.9. The van der Waals surface area contributed by atoms with Crippen LogP contribution in [0.15, 0.2) is 41.1 Å². The summed E-state index contributed by atoms with van der Waals surface area (Å²) in [6, 6.07) is 10.1. The second-order valence-corrected chi connectivity index (χ2v) is 7.79. The van der Waals surface area contributed by atoms with Crippen molar-refractivity contribution in [3.05, 3.63) is 51.8 Å². The molecule has 7 heteroatoms. The Bertz CT molecular complexity index is 1110. The van der Waals surface area contributed by atoms with E-state index in [1.807, 2.05) is 38.1 Å². The van der Waals surface area contributed by atoms with Crippen LogP contribution in [0.4, 0.5) is 5.82 Å². The molecule has 0 amide bonds. The van der Waals surface area contributed by atoms with Crippen molar-refractivity contribution < 1.29 is 0 Å². The molecule has 1 aromatic carbocycles. The van der Waals surface area contributed by atoms with Gasteiger partial charge in [-0.2, -0.15) is 0 Å². The van der Waals surface area contributed by atoms with E-state index in [9.17, 15) is 0 Å². The maximum atomic E-state index is 6.14. The molecule has 0 saturated carbocycles. The molecule has 3 heterocycles. The Morgan fingerprint density at radius 3 is 2.64 bits per heavy atom. The van der Waals surface area contributed by atoms with Gasteiger partial charge in [0.2, 0.25) is 0 Å². The third kappa shape index (κ3) is 2.89. The normalized spacial score (nSPS) is 11.2. The molecule has 4 rings (SSSR count). The lowest BCUT2D eigenvalue weighted by Crippen LogP contribution is -1.98. The maximum absolute atomic E-state index is 6.14. The second-order valence-electron chi connectivity index (χ2n) is 5.67. The minimum absolute atomic E-state index is 0.427. The summed E-state index contributed by atoms with van der Waals surface area (Å²) in [5.41, 5.74) is 10.5. The summed E-state index contributed by atoms with van der Waals surface area (Å²) < 4.78 is 0.997. The molecule has 0 aliphatic carbocycles. The van der Waals surface area contributed by atoms with E-state index >= 15 is 0 Å². The van der Waals surface area contributed by atoms with Crippen LogP contribution in [0.25, 0.3) is 32.7 Å². The molecular weight excluding hydrogens is 398 g/mol. The molecule has 0 unspecified atom stereocenters. The number of halogens is 1. The number of benzene rings is 1. The lowest BCUT2D eigenvalue weighted by atomic mass is 10.0. The number of nitrogens with two attached hydrogens (primary N) is 1. The fourth-order valence-electron chi connectivity index (χ4n) is 2.86. The molecule has 0 radical (unpaired) electrons. The van der Waals surface area contributed by atoms with E-state index in [1.54, 1.807) is 11.3 Å². The van der Waals surface area contributed by atoms with Crippen molar-refractivity contribution in [2.24, 2.45) is 0 Å². The number of aryl methyl sites for hydroxylation is 2. The first kappa shape index (κ1) is 16.1. The average Bonchev–Trinajstić information content (AvgIpc) is 2.92. The van der Waals surface area contributed by atoms with E-state index in [4.69, 9.17) is 10.7 Å². The molecule has 3 aromatic heterocycles. The van der Waals surface area contributed by atoms with Crippen molar-refractivity contribution in [1.82, 2.24) is 19.9 Å². The zero-order valence-electron chi connectivity index (χ0n) is 13.6. The van der Waals surface area contributed by atoms with Crippen LogP contribution in [-0.2, 0) is 0 Å². The minimum atomic E-state index is 0.427. The number of hydrogen-bond donors (Lipinski definition) is 1. The Morgan fingerprint density at radius 2 is 1.92 bits per heavy atom. The van der Waals surface area contributed by atoms with Crippen LogP contribution in [0.5, 0.6) is 0 Å². The molecule has 0 saturated heterocycles. The summed E-state index contributed by atoms with van der Waals surface area (Å²) in [7, 11) is 0. The maximum Gasteiger partial charge on any atom is 0.165 e. The van der Waals surface area contributed by atoms with Gasteiger partial charge in [-0.1, -0.05) is 28.1 Å². The van der Waals surface area contributed by atoms with Crippen molar-refractivity contribution in [2.45, 2.75) is 13.8 Å². The monoisotopic (exact) mass is 411 g/mol. The van der Waals surface area contributed by atoms with Gasteiger partial charge in [-0.25, -0.2) is 19.9 Å². The van der Waals surface area contributed by atoms with Gasteiger partial charge >= 0.3 is 0 Å². The third-order valence-corrected chi connectivity index (χ3v) is 5.49. The minimum Gasteiger partial charge on any atom is -0.383 e. The van der Waals surface area contributed by atoms with Crippen LogP contribution in [0.3, 0.4) is 0 Å². The third-order valence-electron chi connectivity index (χ3n) is 3.91. The van der Waals surface area contributed by atoms with E-state index < -0.39 is 0 Å². The number of nitrogens with zero attached hydrogens (tertiary/aromatic N) is 4. The highest BCUT2D eigenvalue weighted by Crippen LogP contribution is 2.36. The Hall–Kier alpha value is -2.38. The van der Waals surface area contributed by atoms with Gasteiger partial charge in [-0.15, -0.1) is 11.3 Å². The van der Waals surface area contributed by atoms with Crippen molar-refractivity contribution in [3.63, 3.8) is 0 Å². The van der Waals surface area contributed by atoms with Gasteiger partial charge in [0.1, 0.15) is 12.1 Å². The molecular formula is C18H14BrN5S. The van der Waals surface area contributed by atoms with Gasteiger partial charge in [0, 0.05) is 4.47 Å². The molecule has 0 spiro atoms. The Kier molecular flexibility index (Phi) is 3.97. The van der Waals surface area contributed by atoms with Crippen LogP contribution in [0.1, 0.15) is 10.7 Å². The van der Waals surface area contributed by atoms with E-state index in [1.165, 1.54) is 6.33 Å². The highest BCUT2D eigenvalue weighted by molar-refractivity contribution is 9.10. The first-order chi connectivity index (χ1) is 12.0. The smallest absolute Gasteiger partial charge is 0.165 e. The van der Waals surface area contributed by atoms with E-state index in [0.29, 0.717) is 11.5 Å². The zero-order valence-corrected chi connectivity index (χ0v) is 16.0. The van der Waals surface area contributed by atoms with Gasteiger partial charge in [-0.05, 0) is 43.2 Å². The molecule has 4 aromatic rings. The van der Waals surface area contributed by atoms with Crippen LogP contribution < -0.4 is 5.73 Å². The lowest BCUT2D eigenvalue weighted by molar-refractivity contribution is 1.18. The number of hydrogen-bond acceptors (Lipinski definition) is 6. The predicted molar refractivity (Wildman–Crippen MR) is 105 cm³/mol. The molecule has 0 aliphatic rings. The Labute approximate surface area is 157 Å². The van der Waals surface area contributed by atoms with Crippen molar-refractivity contribution in [1.29, 1.82) is 0 Å². The van der Waals surface area contributed by atoms with E-state index in [0.717, 1.165) is 42.3 Å². The zero-order chi connectivity index (χ0) is 17.6. The van der Waals surface area contributed by atoms with Gasteiger partial charge in [0.15, 0.2) is 5.65 Å². The second kappa shape index (κ2) is 6.16. The van der Waals surface area contributed by atoms with Gasteiger partial charge in [0.25, 0.3) is 0 Å². The van der Waals surface area contributed by atoms with E-state index in [-0.39, 0.29) is 0 Å². The number of pyridine rings is 1. The number of rotatable bonds is 2. The quantitative estimate of drug-likeness (QED) is 0.513. The van der Waals surface area contributed by atoms with Crippen LogP contribution in [0, 0.1) is 13.8 Å². The molecule has 2 N–H and O–H groups in total. The molecule has 0 aliphatic heterocycles. The summed E-state index contributed by atoms with van der Waals surface area (Å²) in [6.45, 7) is 4.00. The fraction of sp³-hybridized carbons (Fsp3) is 0.111. The largest absolute Gasteiger partial charge is 0.383 e. The number of aromatic nitrogens is 4. The fourth-order valence-corrected chi connectivity index (χ4v) is 4.14. The molecule has 5 nitrogen and oxygen atoms in total. The standard InChI is InChI=1S/C18H14BrN5S/c1-9-16(25-10(2)23-9)14-7-13(11-4-3-5-12(19)6-11)15-17(20)21-8-22-18(15)24-14/h3-8H,1-2H3,(H2,20,21,22,24). The van der Waals surface area contributed by atoms with Crippen LogP contribution >= 0.6 is 27.3 Å². The highest BCUT2D eigenvalue weighted by Gasteiger charge is 2.16. The number of thiazole rings is 1. The van der Waals surface area contributed by atoms with Gasteiger partial charge in [0.05, 0.1) is 26.7 Å². The Morgan fingerprint density at radius 1 is 1.08 bits per heavy atom. The summed E-state index contributed by atoms with van der Waals surface area (Å²) in [4.78, 5) is 18.8. The molecule has 124 valence electrons. The van der Waals surface area contributed by atoms with Gasteiger partial charge < -0.3 is 5.73 Å². The summed E-state index contributed by atoms with van der Waals surface area (Å²) in [5.74, 6) is 0.427. The van der Waals surface area contributed by atoms with Crippen LogP contribution in [0.2, 0.25) is 0 Å².